The molecule has 2 bridgehead atoms. The van der Waals surface area contributed by atoms with Crippen LogP contribution in [0.2, 0.25) is 0 Å². The second-order valence-electron chi connectivity index (χ2n) is 5.84. The molecule has 2 N–H and O–H groups in total. The first-order valence-electron chi connectivity index (χ1n) is 7.00. The Kier molecular flexibility index (Phi) is 2.86. The predicted octanol–water partition coefficient (Wildman–Crippen LogP) is 2.18. The van der Waals surface area contributed by atoms with E-state index in [0.29, 0.717) is 6.04 Å². The van der Waals surface area contributed by atoms with Crippen molar-refractivity contribution in [1.29, 1.82) is 0 Å². The first kappa shape index (κ1) is 12.4. The molecule has 3 heterocycles. The number of rotatable bonds is 2. The van der Waals surface area contributed by atoms with Gasteiger partial charge in [-0.1, -0.05) is 0 Å². The Hall–Kier alpha value is -1.33. The molecule has 1 saturated heterocycles. The van der Waals surface area contributed by atoms with Gasteiger partial charge in [0.25, 0.3) is 5.91 Å². The molecule has 2 aliphatic rings. The van der Waals surface area contributed by atoms with Crippen LogP contribution in [0, 0.1) is 5.92 Å². The molecule has 104 valence electrons. The fourth-order valence-electron chi connectivity index (χ4n) is 3.48. The second kappa shape index (κ2) is 4.60. The van der Waals surface area contributed by atoms with Crippen molar-refractivity contribution in [1.82, 2.24) is 15.0 Å². The van der Waals surface area contributed by atoms with E-state index in [1.807, 2.05) is 35.0 Å². The zero-order valence-electron chi connectivity index (χ0n) is 11.0. The molecule has 1 saturated carbocycles. The van der Waals surface area contributed by atoms with Crippen LogP contribution in [0.4, 0.5) is 0 Å². The van der Waals surface area contributed by atoms with Crippen molar-refractivity contribution in [2.75, 3.05) is 6.54 Å². The van der Waals surface area contributed by atoms with Crippen molar-refractivity contribution in [2.24, 2.45) is 5.92 Å². The molecule has 20 heavy (non-hydrogen) atoms. The van der Waals surface area contributed by atoms with Gasteiger partial charge in [0.05, 0.1) is 0 Å². The summed E-state index contributed by atoms with van der Waals surface area (Å²) in [6, 6.07) is 6.57. The van der Waals surface area contributed by atoms with Gasteiger partial charge in [-0.15, -0.1) is 0 Å². The van der Waals surface area contributed by atoms with Crippen LogP contribution in [0.5, 0.6) is 0 Å². The number of pyridine rings is 1. The third-order valence-corrected chi connectivity index (χ3v) is 4.91. The largest absolute Gasteiger partial charge is 0.348 e. The lowest BCUT2D eigenvalue weighted by Crippen LogP contribution is -2.47. The lowest BCUT2D eigenvalue weighted by atomic mass is 10.1. The fraction of sp³-hybridized carbons (Fsp3) is 0.400. The first-order chi connectivity index (χ1) is 9.69. The summed E-state index contributed by atoms with van der Waals surface area (Å²) in [5, 5.41) is 6.65. The van der Waals surface area contributed by atoms with E-state index < -0.39 is 0 Å². The number of fused-ring (bicyclic) bond motifs is 3. The van der Waals surface area contributed by atoms with Crippen molar-refractivity contribution in [3.05, 3.63) is 40.6 Å². The number of nitrogens with one attached hydrogen (secondary N) is 2. The summed E-state index contributed by atoms with van der Waals surface area (Å²) in [5.41, 5.74) is 1.75. The number of amides is 1. The van der Waals surface area contributed by atoms with E-state index in [1.54, 1.807) is 0 Å². The van der Waals surface area contributed by atoms with Gasteiger partial charge in [0.2, 0.25) is 0 Å². The summed E-state index contributed by atoms with van der Waals surface area (Å²) < 4.78 is 3.02. The molecule has 3 unspecified atom stereocenters. The highest BCUT2D eigenvalue weighted by Gasteiger charge is 2.39. The molecular weight excluding hydrogens is 318 g/mol. The number of aromatic nitrogens is 1. The summed E-state index contributed by atoms with van der Waals surface area (Å²) >= 11 is 3.45. The van der Waals surface area contributed by atoms with Gasteiger partial charge in [0.15, 0.2) is 0 Å². The van der Waals surface area contributed by atoms with Gasteiger partial charge in [0.1, 0.15) is 0 Å². The van der Waals surface area contributed by atoms with Crippen LogP contribution < -0.4 is 10.6 Å². The van der Waals surface area contributed by atoms with Crippen molar-refractivity contribution < 1.29 is 4.79 Å². The van der Waals surface area contributed by atoms with Crippen LogP contribution in [-0.2, 0) is 0 Å². The van der Waals surface area contributed by atoms with Crippen LogP contribution in [-0.4, -0.2) is 28.9 Å². The van der Waals surface area contributed by atoms with Crippen LogP contribution in [0.3, 0.4) is 0 Å². The van der Waals surface area contributed by atoms with Gasteiger partial charge >= 0.3 is 0 Å². The van der Waals surface area contributed by atoms with E-state index in [-0.39, 0.29) is 11.9 Å². The standard InChI is InChI=1S/C15H16BrN3O/c16-11-6-12-5-10(1-2-19(12)8-11)15(20)18-14-4-9-3-13(14)17-7-9/h1-2,5-6,8-9,13-14,17H,3-4,7H2,(H,18,20). The summed E-state index contributed by atoms with van der Waals surface area (Å²) in [7, 11) is 0. The Bertz CT molecular complexity index is 681. The van der Waals surface area contributed by atoms with Crippen LogP contribution in [0.25, 0.3) is 5.52 Å². The maximum Gasteiger partial charge on any atom is 0.251 e. The summed E-state index contributed by atoms with van der Waals surface area (Å²) in [6.07, 6.45) is 6.23. The fourth-order valence-corrected chi connectivity index (χ4v) is 3.93. The maximum atomic E-state index is 12.4. The summed E-state index contributed by atoms with van der Waals surface area (Å²) in [5.74, 6) is 0.776. The van der Waals surface area contributed by atoms with Gasteiger partial charge in [-0.05, 0) is 59.4 Å². The second-order valence-corrected chi connectivity index (χ2v) is 6.75. The van der Waals surface area contributed by atoms with Gasteiger partial charge in [-0.2, -0.15) is 0 Å². The van der Waals surface area contributed by atoms with E-state index >= 15 is 0 Å². The van der Waals surface area contributed by atoms with Crippen molar-refractivity contribution >= 4 is 27.4 Å². The molecule has 2 aromatic heterocycles. The number of carbonyl (C=O) groups excluding carboxylic acids is 1. The molecule has 4 nitrogen and oxygen atoms in total. The van der Waals surface area contributed by atoms with Gasteiger partial charge in [-0.3, -0.25) is 4.79 Å². The highest BCUT2D eigenvalue weighted by molar-refractivity contribution is 9.10. The minimum atomic E-state index is 0.0316. The number of carbonyl (C=O) groups is 1. The zero-order chi connectivity index (χ0) is 13.7. The third-order valence-electron chi connectivity index (χ3n) is 4.47. The van der Waals surface area contributed by atoms with E-state index in [2.05, 4.69) is 26.6 Å². The predicted molar refractivity (Wildman–Crippen MR) is 80.9 cm³/mol. The molecule has 1 amide bonds. The summed E-state index contributed by atoms with van der Waals surface area (Å²) in [6.45, 7) is 1.11. The minimum Gasteiger partial charge on any atom is -0.348 e. The molecule has 2 fully saturated rings. The Labute approximate surface area is 125 Å². The molecular formula is C15H16BrN3O. The minimum absolute atomic E-state index is 0.0316. The van der Waals surface area contributed by atoms with E-state index in [4.69, 9.17) is 0 Å². The molecule has 3 atom stereocenters. The number of hydrogen-bond acceptors (Lipinski definition) is 2. The van der Waals surface area contributed by atoms with Crippen molar-refractivity contribution in [3.63, 3.8) is 0 Å². The van der Waals surface area contributed by atoms with Gasteiger partial charge in [0, 0.05) is 40.0 Å². The lowest BCUT2D eigenvalue weighted by Gasteiger charge is -2.24. The maximum absolute atomic E-state index is 12.4. The number of nitrogens with zero attached hydrogens (tertiary/aromatic N) is 1. The highest BCUT2D eigenvalue weighted by Crippen LogP contribution is 2.31. The average Bonchev–Trinajstić information content (AvgIpc) is 3.10. The Morgan fingerprint density at radius 3 is 3.05 bits per heavy atom. The smallest absolute Gasteiger partial charge is 0.251 e. The molecule has 2 aromatic rings. The number of halogens is 1. The molecule has 4 rings (SSSR count). The van der Waals surface area contributed by atoms with Crippen LogP contribution in [0.15, 0.2) is 35.1 Å². The monoisotopic (exact) mass is 333 g/mol. The first-order valence-corrected chi connectivity index (χ1v) is 7.80. The Morgan fingerprint density at radius 2 is 2.30 bits per heavy atom. The Morgan fingerprint density at radius 1 is 1.40 bits per heavy atom. The van der Waals surface area contributed by atoms with Crippen LogP contribution >= 0.6 is 15.9 Å². The van der Waals surface area contributed by atoms with Crippen molar-refractivity contribution in [2.45, 2.75) is 24.9 Å². The van der Waals surface area contributed by atoms with E-state index in [1.165, 1.54) is 6.42 Å². The molecule has 0 spiro atoms. The van der Waals surface area contributed by atoms with Gasteiger partial charge < -0.3 is 15.0 Å². The van der Waals surface area contributed by atoms with Crippen LogP contribution in [0.1, 0.15) is 23.2 Å². The average molecular weight is 334 g/mol. The van der Waals surface area contributed by atoms with Crippen molar-refractivity contribution in [3.8, 4) is 0 Å². The van der Waals surface area contributed by atoms with E-state index in [9.17, 15) is 4.79 Å². The molecule has 0 aromatic carbocycles. The topological polar surface area (TPSA) is 45.5 Å². The Balaban J connectivity index is 1.54. The number of hydrogen-bond donors (Lipinski definition) is 2. The number of piperidine rings is 1. The molecule has 5 heteroatoms. The highest BCUT2D eigenvalue weighted by atomic mass is 79.9. The normalized spacial score (nSPS) is 28.1. The zero-order valence-corrected chi connectivity index (χ0v) is 12.6. The third kappa shape index (κ3) is 2.05. The molecule has 0 radical (unpaired) electrons. The quantitative estimate of drug-likeness (QED) is 0.884. The lowest BCUT2D eigenvalue weighted by molar-refractivity contribution is 0.0928. The summed E-state index contributed by atoms with van der Waals surface area (Å²) in [4.78, 5) is 12.4. The molecule has 1 aliphatic heterocycles. The van der Waals surface area contributed by atoms with Gasteiger partial charge in [-0.25, -0.2) is 0 Å². The molecule has 1 aliphatic carbocycles. The SMILES string of the molecule is O=C(NC1CC2CNC1C2)c1ccn2cc(Br)cc2c1. The van der Waals surface area contributed by atoms with E-state index in [0.717, 1.165) is 34.4 Å².